The van der Waals surface area contributed by atoms with E-state index in [0.29, 0.717) is 6.04 Å². The fourth-order valence-corrected chi connectivity index (χ4v) is 2.08. The molecule has 0 spiro atoms. The first-order valence-corrected chi connectivity index (χ1v) is 6.14. The second-order valence-corrected chi connectivity index (χ2v) is 5.25. The van der Waals surface area contributed by atoms with Gasteiger partial charge in [-0.25, -0.2) is 0 Å². The Balaban J connectivity index is 0.00000256. The molecule has 0 aromatic rings. The first kappa shape index (κ1) is 16.7. The monoisotopic (exact) mass is 263 g/mol. The molecular formula is C12H26ClN3O. The van der Waals surface area contributed by atoms with Crippen LogP contribution in [0.2, 0.25) is 0 Å². The van der Waals surface area contributed by atoms with Crippen LogP contribution in [0.3, 0.4) is 0 Å². The molecule has 1 saturated heterocycles. The van der Waals surface area contributed by atoms with Gasteiger partial charge in [0.25, 0.3) is 0 Å². The number of amides is 1. The van der Waals surface area contributed by atoms with Crippen LogP contribution in [0.15, 0.2) is 0 Å². The average molecular weight is 264 g/mol. The van der Waals surface area contributed by atoms with Gasteiger partial charge in [0.1, 0.15) is 0 Å². The quantitative estimate of drug-likeness (QED) is 0.825. The van der Waals surface area contributed by atoms with E-state index >= 15 is 0 Å². The van der Waals surface area contributed by atoms with Crippen LogP contribution in [0.5, 0.6) is 0 Å². The first-order chi connectivity index (χ1) is 7.43. The van der Waals surface area contributed by atoms with Crippen molar-refractivity contribution >= 4 is 18.3 Å². The van der Waals surface area contributed by atoms with Gasteiger partial charge in [0, 0.05) is 13.1 Å². The summed E-state index contributed by atoms with van der Waals surface area (Å²) in [5.74, 6) is 0.297. The van der Waals surface area contributed by atoms with Gasteiger partial charge in [0.2, 0.25) is 5.91 Å². The highest BCUT2D eigenvalue weighted by atomic mass is 35.5. The lowest BCUT2D eigenvalue weighted by atomic mass is 10.00. The fourth-order valence-electron chi connectivity index (χ4n) is 2.08. The van der Waals surface area contributed by atoms with Crippen LogP contribution in [0.4, 0.5) is 0 Å². The van der Waals surface area contributed by atoms with Crippen molar-refractivity contribution in [2.24, 2.45) is 11.7 Å². The lowest BCUT2D eigenvalue weighted by Crippen LogP contribution is -2.51. The van der Waals surface area contributed by atoms with Crippen molar-refractivity contribution in [2.75, 3.05) is 27.2 Å². The molecule has 0 radical (unpaired) electrons. The first-order valence-electron chi connectivity index (χ1n) is 6.14. The number of nitrogens with two attached hydrogens (primary N) is 1. The number of likely N-dealkylation sites (tertiary alicyclic amines) is 1. The fraction of sp³-hybridized carbons (Fsp3) is 0.917. The zero-order chi connectivity index (χ0) is 12.3. The van der Waals surface area contributed by atoms with E-state index in [1.807, 2.05) is 25.8 Å². The summed E-state index contributed by atoms with van der Waals surface area (Å²) >= 11 is 0. The molecular weight excluding hydrogens is 238 g/mol. The van der Waals surface area contributed by atoms with Gasteiger partial charge in [-0.1, -0.05) is 13.8 Å². The topological polar surface area (TPSA) is 49.6 Å². The molecule has 17 heavy (non-hydrogen) atoms. The molecule has 1 heterocycles. The van der Waals surface area contributed by atoms with Crippen molar-refractivity contribution in [2.45, 2.75) is 38.8 Å². The Morgan fingerprint density at radius 1 is 1.35 bits per heavy atom. The summed E-state index contributed by atoms with van der Waals surface area (Å²) in [4.78, 5) is 16.2. The Morgan fingerprint density at radius 2 is 1.82 bits per heavy atom. The third-order valence-corrected chi connectivity index (χ3v) is 3.59. The second-order valence-electron chi connectivity index (χ2n) is 5.25. The minimum absolute atomic E-state index is 0. The zero-order valence-corrected chi connectivity index (χ0v) is 12.2. The van der Waals surface area contributed by atoms with E-state index in [-0.39, 0.29) is 30.3 Å². The Morgan fingerprint density at radius 3 is 2.24 bits per heavy atom. The highest BCUT2D eigenvalue weighted by molar-refractivity contribution is 5.85. The smallest absolute Gasteiger partial charge is 0.239 e. The standard InChI is InChI=1S/C12H25N3O.ClH/c1-9(2)11(13)12(16)15(4)10-5-7-14(3)8-6-10;/h9-11H,5-8,13H2,1-4H3;1H/t11-;/m1./s1. The number of carbonyl (C=O) groups excluding carboxylic acids is 1. The molecule has 0 saturated carbocycles. The van der Waals surface area contributed by atoms with Crippen molar-refractivity contribution in [3.05, 3.63) is 0 Å². The average Bonchev–Trinajstić information content (AvgIpc) is 2.27. The second kappa shape index (κ2) is 7.19. The van der Waals surface area contributed by atoms with E-state index < -0.39 is 0 Å². The molecule has 1 atom stereocenters. The van der Waals surface area contributed by atoms with Gasteiger partial charge in [-0.3, -0.25) is 4.79 Å². The predicted molar refractivity (Wildman–Crippen MR) is 73.4 cm³/mol. The Bertz CT molecular complexity index is 240. The number of hydrogen-bond donors (Lipinski definition) is 1. The summed E-state index contributed by atoms with van der Waals surface area (Å²) in [6.45, 7) is 6.12. The van der Waals surface area contributed by atoms with Gasteiger partial charge >= 0.3 is 0 Å². The zero-order valence-electron chi connectivity index (χ0n) is 11.3. The minimum Gasteiger partial charge on any atom is -0.341 e. The van der Waals surface area contributed by atoms with Gasteiger partial charge in [-0.2, -0.15) is 0 Å². The van der Waals surface area contributed by atoms with Gasteiger partial charge < -0.3 is 15.5 Å². The Hall–Kier alpha value is -0.320. The lowest BCUT2D eigenvalue weighted by molar-refractivity contribution is -0.135. The number of carbonyl (C=O) groups is 1. The number of rotatable bonds is 3. The van der Waals surface area contributed by atoms with E-state index in [9.17, 15) is 4.79 Å². The van der Waals surface area contributed by atoms with E-state index in [1.54, 1.807) is 0 Å². The summed E-state index contributed by atoms with van der Waals surface area (Å²) in [5.41, 5.74) is 5.89. The van der Waals surface area contributed by atoms with Crippen molar-refractivity contribution in [1.29, 1.82) is 0 Å². The molecule has 1 aliphatic heterocycles. The normalized spacial score (nSPS) is 19.9. The molecule has 0 aliphatic carbocycles. The number of hydrogen-bond acceptors (Lipinski definition) is 3. The molecule has 2 N–H and O–H groups in total. The molecule has 0 aromatic carbocycles. The molecule has 0 aromatic heterocycles. The maximum Gasteiger partial charge on any atom is 0.239 e. The van der Waals surface area contributed by atoms with E-state index in [2.05, 4.69) is 11.9 Å². The van der Waals surface area contributed by atoms with Gasteiger partial charge in [-0.05, 0) is 38.9 Å². The summed E-state index contributed by atoms with van der Waals surface area (Å²) in [6, 6.07) is 0.0122. The summed E-state index contributed by atoms with van der Waals surface area (Å²) in [6.07, 6.45) is 2.12. The third-order valence-electron chi connectivity index (χ3n) is 3.59. The van der Waals surface area contributed by atoms with E-state index in [1.165, 1.54) is 0 Å². The molecule has 0 bridgehead atoms. The molecule has 1 fully saturated rings. The maximum absolute atomic E-state index is 12.1. The van der Waals surface area contributed by atoms with Crippen LogP contribution in [0.1, 0.15) is 26.7 Å². The predicted octanol–water partition coefficient (Wildman–Crippen LogP) is 0.944. The highest BCUT2D eigenvalue weighted by Gasteiger charge is 2.28. The molecule has 1 amide bonds. The van der Waals surface area contributed by atoms with Crippen molar-refractivity contribution < 1.29 is 4.79 Å². The van der Waals surface area contributed by atoms with Crippen LogP contribution >= 0.6 is 12.4 Å². The maximum atomic E-state index is 12.1. The molecule has 1 aliphatic rings. The van der Waals surface area contributed by atoms with Gasteiger partial charge in [0.15, 0.2) is 0 Å². The van der Waals surface area contributed by atoms with Crippen LogP contribution in [-0.4, -0.2) is 55.0 Å². The molecule has 102 valence electrons. The van der Waals surface area contributed by atoms with Crippen molar-refractivity contribution in [3.8, 4) is 0 Å². The van der Waals surface area contributed by atoms with E-state index in [0.717, 1.165) is 25.9 Å². The number of nitrogens with zero attached hydrogens (tertiary/aromatic N) is 2. The van der Waals surface area contributed by atoms with Crippen LogP contribution in [-0.2, 0) is 4.79 Å². The summed E-state index contributed by atoms with van der Waals surface area (Å²) < 4.78 is 0. The summed E-state index contributed by atoms with van der Waals surface area (Å²) in [7, 11) is 4.01. The highest BCUT2D eigenvalue weighted by Crippen LogP contribution is 2.15. The van der Waals surface area contributed by atoms with Crippen molar-refractivity contribution in [1.82, 2.24) is 9.80 Å². The molecule has 0 unspecified atom stereocenters. The van der Waals surface area contributed by atoms with Gasteiger partial charge in [0.05, 0.1) is 6.04 Å². The number of halogens is 1. The van der Waals surface area contributed by atoms with Gasteiger partial charge in [-0.15, -0.1) is 12.4 Å². The Kier molecular flexibility index (Phi) is 7.05. The van der Waals surface area contributed by atoms with E-state index in [4.69, 9.17) is 5.73 Å². The lowest BCUT2D eigenvalue weighted by Gasteiger charge is -2.36. The summed E-state index contributed by atoms with van der Waals surface area (Å²) in [5, 5.41) is 0. The number of piperidine rings is 1. The van der Waals surface area contributed by atoms with Crippen LogP contribution in [0.25, 0.3) is 0 Å². The van der Waals surface area contributed by atoms with Crippen LogP contribution in [0, 0.1) is 5.92 Å². The van der Waals surface area contributed by atoms with Crippen LogP contribution < -0.4 is 5.73 Å². The van der Waals surface area contributed by atoms with Crippen molar-refractivity contribution in [3.63, 3.8) is 0 Å². The Labute approximate surface area is 111 Å². The molecule has 5 heteroatoms. The number of likely N-dealkylation sites (N-methyl/N-ethyl adjacent to an activating group) is 1. The SMILES string of the molecule is CC(C)[C@@H](N)C(=O)N(C)C1CCN(C)CC1.Cl. The third kappa shape index (κ3) is 4.45. The largest absolute Gasteiger partial charge is 0.341 e. The molecule has 4 nitrogen and oxygen atoms in total. The molecule has 1 rings (SSSR count). The minimum atomic E-state index is -0.357.